The molecule has 0 atom stereocenters. The van der Waals surface area contributed by atoms with Gasteiger partial charge in [0.05, 0.1) is 6.61 Å². The lowest BCUT2D eigenvalue weighted by atomic mass is 10.2. The molecule has 0 aromatic rings. The number of carbonyl (C=O) groups is 1. The zero-order chi connectivity index (χ0) is 11.9. The third-order valence-electron chi connectivity index (χ3n) is 1.70. The van der Waals surface area contributed by atoms with Gasteiger partial charge in [-0.1, -0.05) is 19.8 Å². The molecule has 0 N–H and O–H groups in total. The van der Waals surface area contributed by atoms with E-state index in [0.29, 0.717) is 13.0 Å². The molecule has 0 spiro atoms. The lowest BCUT2D eigenvalue weighted by Crippen LogP contribution is -2.02. The van der Waals surface area contributed by atoms with E-state index < -0.39 is 0 Å². The van der Waals surface area contributed by atoms with E-state index in [1.807, 2.05) is 20.8 Å². The maximum absolute atomic E-state index is 10.7. The molecule has 0 aliphatic heterocycles. The summed E-state index contributed by atoms with van der Waals surface area (Å²) in [5.74, 6) is -0.0593. The summed E-state index contributed by atoms with van der Waals surface area (Å²) in [6.45, 7) is 10.1. The summed E-state index contributed by atoms with van der Waals surface area (Å²) in [6.07, 6.45) is 3.83. The van der Waals surface area contributed by atoms with Crippen LogP contribution in [0.3, 0.4) is 0 Å². The third-order valence-corrected chi connectivity index (χ3v) is 1.70. The van der Waals surface area contributed by atoms with Crippen molar-refractivity contribution in [1.82, 2.24) is 0 Å². The molecule has 3 heteroatoms. The van der Waals surface area contributed by atoms with E-state index in [1.54, 1.807) is 0 Å². The van der Waals surface area contributed by atoms with Crippen molar-refractivity contribution < 1.29 is 14.3 Å². The van der Waals surface area contributed by atoms with Crippen molar-refractivity contribution in [2.75, 3.05) is 19.8 Å². The second-order valence-corrected chi connectivity index (χ2v) is 3.04. The lowest BCUT2D eigenvalue weighted by Gasteiger charge is -1.99. The maximum Gasteiger partial charge on any atom is 0.305 e. The van der Waals surface area contributed by atoms with Crippen molar-refractivity contribution in [3.8, 4) is 0 Å². The molecule has 0 unspecified atom stereocenters. The monoisotopic (exact) mass is 218 g/mol. The van der Waals surface area contributed by atoms with Gasteiger partial charge in [-0.05, 0) is 27.2 Å². The summed E-state index contributed by atoms with van der Waals surface area (Å²) in [5.41, 5.74) is 0. The van der Waals surface area contributed by atoms with Gasteiger partial charge in [0.15, 0.2) is 0 Å². The highest BCUT2D eigenvalue weighted by atomic mass is 16.5. The molecular formula is C12H26O3. The Hall–Kier alpha value is -0.570. The van der Waals surface area contributed by atoms with Gasteiger partial charge in [-0.2, -0.15) is 0 Å². The summed E-state index contributed by atoms with van der Waals surface area (Å²) in [6, 6.07) is 0. The van der Waals surface area contributed by atoms with Crippen LogP contribution in [0.5, 0.6) is 0 Å². The van der Waals surface area contributed by atoms with Crippen molar-refractivity contribution in [3.05, 3.63) is 0 Å². The van der Waals surface area contributed by atoms with E-state index in [1.165, 1.54) is 0 Å². The van der Waals surface area contributed by atoms with Gasteiger partial charge in [-0.3, -0.25) is 4.79 Å². The van der Waals surface area contributed by atoms with E-state index in [2.05, 4.69) is 6.92 Å². The Morgan fingerprint density at radius 1 is 0.933 bits per heavy atom. The minimum atomic E-state index is -0.0593. The van der Waals surface area contributed by atoms with Crippen LogP contribution in [-0.2, 0) is 14.3 Å². The normalized spacial score (nSPS) is 9.07. The zero-order valence-corrected chi connectivity index (χ0v) is 10.7. The number of unbranched alkanes of at least 4 members (excludes halogenated alkanes) is 2. The lowest BCUT2D eigenvalue weighted by molar-refractivity contribution is -0.143. The standard InChI is InChI=1S/C8H16O2.C4H10O/c1-3-5-6-7-8(9)10-4-2;1-3-5-4-2/h3-7H2,1-2H3;3-4H2,1-2H3. The van der Waals surface area contributed by atoms with Crippen LogP contribution in [-0.4, -0.2) is 25.8 Å². The molecule has 15 heavy (non-hydrogen) atoms. The van der Waals surface area contributed by atoms with Gasteiger partial charge in [0, 0.05) is 19.6 Å². The number of rotatable bonds is 7. The molecule has 0 aromatic carbocycles. The van der Waals surface area contributed by atoms with Crippen LogP contribution in [0.25, 0.3) is 0 Å². The molecule has 0 aliphatic rings. The number of carbonyl (C=O) groups excluding carboxylic acids is 1. The molecule has 0 saturated heterocycles. The van der Waals surface area contributed by atoms with Gasteiger partial charge in [0.1, 0.15) is 0 Å². The predicted molar refractivity (Wildman–Crippen MR) is 62.9 cm³/mol. The Kier molecular flexibility index (Phi) is 17.8. The molecular weight excluding hydrogens is 192 g/mol. The van der Waals surface area contributed by atoms with E-state index in [4.69, 9.17) is 9.47 Å². The molecule has 0 aliphatic carbocycles. The topological polar surface area (TPSA) is 35.5 Å². The van der Waals surface area contributed by atoms with Gasteiger partial charge in [-0.25, -0.2) is 0 Å². The average Bonchev–Trinajstić information content (AvgIpc) is 2.21. The van der Waals surface area contributed by atoms with Crippen molar-refractivity contribution in [2.45, 2.75) is 53.4 Å². The van der Waals surface area contributed by atoms with Gasteiger partial charge >= 0.3 is 5.97 Å². The number of hydrogen-bond acceptors (Lipinski definition) is 3. The van der Waals surface area contributed by atoms with Crippen molar-refractivity contribution in [2.24, 2.45) is 0 Å². The smallest absolute Gasteiger partial charge is 0.305 e. The average molecular weight is 218 g/mol. The molecule has 0 heterocycles. The van der Waals surface area contributed by atoms with E-state index in [0.717, 1.165) is 32.5 Å². The maximum atomic E-state index is 10.7. The van der Waals surface area contributed by atoms with Crippen molar-refractivity contribution in [3.63, 3.8) is 0 Å². The van der Waals surface area contributed by atoms with Crippen molar-refractivity contribution in [1.29, 1.82) is 0 Å². The highest BCUT2D eigenvalue weighted by Crippen LogP contribution is 1.99. The molecule has 0 rings (SSSR count). The zero-order valence-electron chi connectivity index (χ0n) is 10.7. The predicted octanol–water partition coefficient (Wildman–Crippen LogP) is 3.17. The van der Waals surface area contributed by atoms with Crippen molar-refractivity contribution >= 4 is 5.97 Å². The molecule has 92 valence electrons. The first-order chi connectivity index (χ1) is 7.22. The summed E-state index contributed by atoms with van der Waals surface area (Å²) in [5, 5.41) is 0. The largest absolute Gasteiger partial charge is 0.466 e. The highest BCUT2D eigenvalue weighted by molar-refractivity contribution is 5.69. The molecule has 0 radical (unpaired) electrons. The van der Waals surface area contributed by atoms with Crippen LogP contribution in [0, 0.1) is 0 Å². The fourth-order valence-corrected chi connectivity index (χ4v) is 0.957. The minimum Gasteiger partial charge on any atom is -0.466 e. The second-order valence-electron chi connectivity index (χ2n) is 3.04. The Morgan fingerprint density at radius 2 is 1.53 bits per heavy atom. The summed E-state index contributed by atoms with van der Waals surface area (Å²) in [7, 11) is 0. The summed E-state index contributed by atoms with van der Waals surface area (Å²) < 4.78 is 9.58. The SMILES string of the molecule is CCCCCC(=O)OCC.CCOCC. The summed E-state index contributed by atoms with van der Waals surface area (Å²) >= 11 is 0. The van der Waals surface area contributed by atoms with Gasteiger partial charge < -0.3 is 9.47 Å². The van der Waals surface area contributed by atoms with Crippen LogP contribution in [0.15, 0.2) is 0 Å². The fraction of sp³-hybridized carbons (Fsp3) is 0.917. The van der Waals surface area contributed by atoms with Gasteiger partial charge in [0.2, 0.25) is 0 Å². The first kappa shape index (κ1) is 16.8. The van der Waals surface area contributed by atoms with Gasteiger partial charge in [-0.15, -0.1) is 0 Å². The van der Waals surface area contributed by atoms with Crippen LogP contribution < -0.4 is 0 Å². The number of ether oxygens (including phenoxy) is 2. The Bertz CT molecular complexity index is 122. The molecule has 0 fully saturated rings. The fourth-order valence-electron chi connectivity index (χ4n) is 0.957. The third kappa shape index (κ3) is 19.7. The molecule has 0 aromatic heterocycles. The minimum absolute atomic E-state index is 0.0593. The Labute approximate surface area is 94.1 Å². The molecule has 0 amide bonds. The number of hydrogen-bond donors (Lipinski definition) is 0. The van der Waals surface area contributed by atoms with E-state index in [9.17, 15) is 4.79 Å². The first-order valence-electron chi connectivity index (χ1n) is 5.96. The second kappa shape index (κ2) is 15.9. The quantitative estimate of drug-likeness (QED) is 0.486. The summed E-state index contributed by atoms with van der Waals surface area (Å²) in [4.78, 5) is 10.7. The Morgan fingerprint density at radius 3 is 1.87 bits per heavy atom. The molecule has 3 nitrogen and oxygen atoms in total. The Balaban J connectivity index is 0. The molecule has 0 bridgehead atoms. The number of esters is 1. The van der Waals surface area contributed by atoms with Crippen LogP contribution in [0.2, 0.25) is 0 Å². The highest BCUT2D eigenvalue weighted by Gasteiger charge is 1.98. The van der Waals surface area contributed by atoms with Crippen LogP contribution >= 0.6 is 0 Å². The first-order valence-corrected chi connectivity index (χ1v) is 5.96. The van der Waals surface area contributed by atoms with E-state index >= 15 is 0 Å². The van der Waals surface area contributed by atoms with Gasteiger partial charge in [0.25, 0.3) is 0 Å². The van der Waals surface area contributed by atoms with Crippen LogP contribution in [0.4, 0.5) is 0 Å². The molecule has 0 saturated carbocycles. The van der Waals surface area contributed by atoms with Crippen LogP contribution in [0.1, 0.15) is 53.4 Å². The van der Waals surface area contributed by atoms with E-state index in [-0.39, 0.29) is 5.97 Å².